The molecule has 4 heteroatoms. The number of rotatable bonds is 5. The van der Waals surface area contributed by atoms with E-state index in [0.29, 0.717) is 24.0 Å². The van der Waals surface area contributed by atoms with Gasteiger partial charge in [0.15, 0.2) is 0 Å². The minimum absolute atomic E-state index is 0.0209. The number of fused-ring (bicyclic) bond motifs is 5. The van der Waals surface area contributed by atoms with Crippen LogP contribution in [0.25, 0.3) is 0 Å². The summed E-state index contributed by atoms with van der Waals surface area (Å²) < 4.78 is 17.0. The van der Waals surface area contributed by atoms with Crippen LogP contribution in [0.15, 0.2) is 12.2 Å². The van der Waals surface area contributed by atoms with Crippen LogP contribution in [0.2, 0.25) is 0 Å². The van der Waals surface area contributed by atoms with Crippen molar-refractivity contribution in [3.8, 4) is 0 Å². The summed E-state index contributed by atoms with van der Waals surface area (Å²) in [7, 11) is 0. The second-order valence-electron chi connectivity index (χ2n) is 10.4. The number of hydrogen-bond acceptors (Lipinski definition) is 4. The van der Waals surface area contributed by atoms with Gasteiger partial charge in [-0.25, -0.2) is 4.79 Å². The lowest BCUT2D eigenvalue weighted by molar-refractivity contribution is -0.109. The highest BCUT2D eigenvalue weighted by Gasteiger charge is 2.60. The lowest BCUT2D eigenvalue weighted by Gasteiger charge is -2.59. The molecule has 4 aliphatic rings. The van der Waals surface area contributed by atoms with Gasteiger partial charge in [-0.1, -0.05) is 32.9 Å². The van der Waals surface area contributed by atoms with Crippen LogP contribution in [-0.2, 0) is 14.2 Å². The van der Waals surface area contributed by atoms with E-state index < -0.39 is 6.16 Å². The van der Waals surface area contributed by atoms with Crippen LogP contribution < -0.4 is 0 Å². The molecule has 4 rings (SSSR count). The molecule has 29 heavy (non-hydrogen) atoms. The summed E-state index contributed by atoms with van der Waals surface area (Å²) in [4.78, 5) is 12.1. The molecule has 164 valence electrons. The van der Waals surface area contributed by atoms with Crippen molar-refractivity contribution in [2.45, 2.75) is 91.3 Å². The first kappa shape index (κ1) is 21.2. The Balaban J connectivity index is 1.48. The molecule has 0 aliphatic heterocycles. The second-order valence-corrected chi connectivity index (χ2v) is 10.4. The van der Waals surface area contributed by atoms with Crippen molar-refractivity contribution in [1.82, 2.24) is 0 Å². The van der Waals surface area contributed by atoms with Gasteiger partial charge in [-0.3, -0.25) is 0 Å². The standard InChI is InChI=1S/C25H40O4/c1-5-15-28-23(26)29-22-10-9-20-19-8-7-17-16-18(27-6-2)11-13-24(17,3)21(19)12-14-25(20,22)4/h11,13,17-22H,5-10,12,14-16H2,1-4H3/t17-,18+,19-,20-,21-,22-,24-,25-/m0/s1. The van der Waals surface area contributed by atoms with Crippen LogP contribution >= 0.6 is 0 Å². The molecule has 0 amide bonds. The molecule has 0 aromatic heterocycles. The fourth-order valence-electron chi connectivity index (χ4n) is 7.59. The van der Waals surface area contributed by atoms with Crippen LogP contribution in [0.1, 0.15) is 79.1 Å². The molecule has 0 bridgehead atoms. The highest BCUT2D eigenvalue weighted by molar-refractivity contribution is 5.60. The van der Waals surface area contributed by atoms with E-state index in [1.54, 1.807) is 0 Å². The van der Waals surface area contributed by atoms with Gasteiger partial charge in [-0.15, -0.1) is 0 Å². The van der Waals surface area contributed by atoms with Crippen LogP contribution in [0, 0.1) is 34.5 Å². The molecular weight excluding hydrogens is 364 g/mol. The summed E-state index contributed by atoms with van der Waals surface area (Å²) in [6, 6.07) is 0. The van der Waals surface area contributed by atoms with E-state index >= 15 is 0 Å². The molecule has 3 saturated carbocycles. The number of carbonyl (C=O) groups excluding carboxylic acids is 1. The molecule has 0 aromatic carbocycles. The van der Waals surface area contributed by atoms with Crippen molar-refractivity contribution < 1.29 is 19.0 Å². The Hall–Kier alpha value is -1.03. The maximum atomic E-state index is 12.1. The summed E-state index contributed by atoms with van der Waals surface area (Å²) in [5, 5.41) is 0. The fraction of sp³-hybridized carbons (Fsp3) is 0.880. The van der Waals surface area contributed by atoms with Gasteiger partial charge in [0.25, 0.3) is 0 Å². The quantitative estimate of drug-likeness (QED) is 0.408. The van der Waals surface area contributed by atoms with Crippen LogP contribution in [0.5, 0.6) is 0 Å². The highest BCUT2D eigenvalue weighted by Crippen LogP contribution is 2.65. The number of ether oxygens (including phenoxy) is 3. The predicted octanol–water partition coefficient (Wildman–Crippen LogP) is 6.14. The maximum Gasteiger partial charge on any atom is 0.508 e. The van der Waals surface area contributed by atoms with Gasteiger partial charge >= 0.3 is 6.16 Å². The molecule has 0 spiro atoms. The first-order valence-corrected chi connectivity index (χ1v) is 12.1. The zero-order chi connectivity index (χ0) is 20.6. The van der Waals surface area contributed by atoms with Gasteiger partial charge in [-0.2, -0.15) is 0 Å². The molecule has 0 radical (unpaired) electrons. The third-order valence-corrected chi connectivity index (χ3v) is 9.11. The highest BCUT2D eigenvalue weighted by atomic mass is 16.7. The van der Waals surface area contributed by atoms with Gasteiger partial charge in [0.2, 0.25) is 0 Å². The Kier molecular flexibility index (Phi) is 6.03. The summed E-state index contributed by atoms with van der Waals surface area (Å²) in [5.41, 5.74) is 0.415. The summed E-state index contributed by atoms with van der Waals surface area (Å²) >= 11 is 0. The zero-order valence-corrected chi connectivity index (χ0v) is 18.8. The van der Waals surface area contributed by atoms with Crippen molar-refractivity contribution in [1.29, 1.82) is 0 Å². The number of allylic oxidation sites excluding steroid dienone is 1. The second kappa shape index (κ2) is 8.24. The van der Waals surface area contributed by atoms with Gasteiger partial charge in [0.05, 0.1) is 12.7 Å². The molecule has 0 saturated heterocycles. The van der Waals surface area contributed by atoms with Crippen LogP contribution in [0.3, 0.4) is 0 Å². The molecular formula is C25H40O4. The normalized spacial score (nSPS) is 45.8. The third kappa shape index (κ3) is 3.64. The smallest absolute Gasteiger partial charge is 0.434 e. The third-order valence-electron chi connectivity index (χ3n) is 9.11. The molecule has 0 heterocycles. The minimum Gasteiger partial charge on any atom is -0.434 e. The lowest BCUT2D eigenvalue weighted by Crippen LogP contribution is -2.53. The zero-order valence-electron chi connectivity index (χ0n) is 18.8. The molecule has 0 unspecified atom stereocenters. The SMILES string of the molecule is CCCOC(=O)O[C@H]1CC[C@H]2[C@@H]3CC[C@H]4C[C@H](OCC)C=C[C@]4(C)[C@H]3CC[C@]12C. The predicted molar refractivity (Wildman–Crippen MR) is 114 cm³/mol. The largest absolute Gasteiger partial charge is 0.508 e. The monoisotopic (exact) mass is 404 g/mol. The van der Waals surface area contributed by atoms with Gasteiger partial charge in [0, 0.05) is 12.0 Å². The maximum absolute atomic E-state index is 12.1. The lowest BCUT2D eigenvalue weighted by atomic mass is 9.46. The Labute approximate surface area is 176 Å². The molecule has 0 N–H and O–H groups in total. The number of carbonyl (C=O) groups is 1. The van der Waals surface area contributed by atoms with Crippen LogP contribution in [-0.4, -0.2) is 31.6 Å². The first-order chi connectivity index (χ1) is 13.9. The summed E-state index contributed by atoms with van der Waals surface area (Å²) in [6.07, 6.45) is 14.0. The van der Waals surface area contributed by atoms with Crippen molar-refractivity contribution in [2.24, 2.45) is 34.5 Å². The van der Waals surface area contributed by atoms with E-state index in [4.69, 9.17) is 14.2 Å². The minimum atomic E-state index is -0.464. The molecule has 4 nitrogen and oxygen atoms in total. The van der Waals surface area contributed by atoms with Gasteiger partial charge in [0.1, 0.15) is 6.10 Å². The van der Waals surface area contributed by atoms with Crippen LogP contribution in [0.4, 0.5) is 4.79 Å². The molecule has 0 aromatic rings. The van der Waals surface area contributed by atoms with E-state index in [0.717, 1.165) is 43.6 Å². The van der Waals surface area contributed by atoms with Gasteiger partial charge in [-0.05, 0) is 87.4 Å². The summed E-state index contributed by atoms with van der Waals surface area (Å²) in [5.74, 6) is 2.92. The average Bonchev–Trinajstić information content (AvgIpc) is 3.03. The Bertz CT molecular complexity index is 630. The Morgan fingerprint density at radius 1 is 1.07 bits per heavy atom. The molecule has 8 atom stereocenters. The van der Waals surface area contributed by atoms with E-state index in [-0.39, 0.29) is 11.5 Å². The van der Waals surface area contributed by atoms with E-state index in [1.165, 1.54) is 32.1 Å². The molecule has 4 aliphatic carbocycles. The van der Waals surface area contributed by atoms with E-state index in [1.807, 2.05) is 6.92 Å². The van der Waals surface area contributed by atoms with Crippen molar-refractivity contribution >= 4 is 6.16 Å². The Morgan fingerprint density at radius 3 is 2.66 bits per heavy atom. The van der Waals surface area contributed by atoms with Crippen molar-refractivity contribution in [3.05, 3.63) is 12.2 Å². The average molecular weight is 405 g/mol. The summed E-state index contributed by atoms with van der Waals surface area (Å²) in [6.45, 7) is 10.2. The van der Waals surface area contributed by atoms with Crippen molar-refractivity contribution in [3.63, 3.8) is 0 Å². The van der Waals surface area contributed by atoms with Crippen molar-refractivity contribution in [2.75, 3.05) is 13.2 Å². The Morgan fingerprint density at radius 2 is 1.90 bits per heavy atom. The van der Waals surface area contributed by atoms with Gasteiger partial charge < -0.3 is 14.2 Å². The number of hydrogen-bond donors (Lipinski definition) is 0. The fourth-order valence-corrected chi connectivity index (χ4v) is 7.59. The molecule has 3 fully saturated rings. The van der Waals surface area contributed by atoms with E-state index in [9.17, 15) is 4.79 Å². The topological polar surface area (TPSA) is 44.8 Å². The first-order valence-electron chi connectivity index (χ1n) is 12.1. The van der Waals surface area contributed by atoms with E-state index in [2.05, 4.69) is 32.9 Å².